The number of aryl methyl sites for hydroxylation is 2. The zero-order valence-corrected chi connectivity index (χ0v) is 16.1. The Morgan fingerprint density at radius 2 is 1.57 bits per heavy atom. The molecule has 2 heterocycles. The molecule has 0 aliphatic heterocycles. The van der Waals surface area contributed by atoms with Crippen molar-refractivity contribution < 1.29 is 4.57 Å². The van der Waals surface area contributed by atoms with Gasteiger partial charge in [-0.05, 0) is 41.6 Å². The van der Waals surface area contributed by atoms with Crippen LogP contribution in [0.4, 0.5) is 0 Å². The molecular formula is C26H21N2+. The van der Waals surface area contributed by atoms with E-state index in [4.69, 9.17) is 4.98 Å². The number of hydrogen-bond acceptors (Lipinski definition) is 1. The van der Waals surface area contributed by atoms with E-state index in [0.717, 1.165) is 11.1 Å². The summed E-state index contributed by atoms with van der Waals surface area (Å²) in [4.78, 5) is 4.82. The van der Waals surface area contributed by atoms with Gasteiger partial charge in [-0.15, -0.1) is 0 Å². The van der Waals surface area contributed by atoms with E-state index in [1.165, 1.54) is 38.5 Å². The number of pyridine rings is 2. The Kier molecular flexibility index (Phi) is 3.91. The predicted octanol–water partition coefficient (Wildman–Crippen LogP) is 5.85. The van der Waals surface area contributed by atoms with Crippen LogP contribution in [0.5, 0.6) is 0 Å². The second-order valence-electron chi connectivity index (χ2n) is 7.31. The molecule has 0 saturated heterocycles. The molecule has 0 N–H and O–H groups in total. The summed E-state index contributed by atoms with van der Waals surface area (Å²) in [5, 5.41) is 3.60. The molecule has 0 fully saturated rings. The van der Waals surface area contributed by atoms with Crippen molar-refractivity contribution in [2.24, 2.45) is 7.05 Å². The van der Waals surface area contributed by atoms with Gasteiger partial charge in [-0.1, -0.05) is 48.5 Å². The lowest BCUT2D eigenvalue weighted by molar-refractivity contribution is -0.660. The van der Waals surface area contributed by atoms with Crippen molar-refractivity contribution in [1.82, 2.24) is 4.98 Å². The van der Waals surface area contributed by atoms with Crippen molar-refractivity contribution in [3.63, 3.8) is 0 Å². The standard InChI is InChI=1S/C26H21N2/c1-18-10-11-20(16-24(18)25-9-5-6-14-28(25)2)22-15-21-13-12-19-7-3-4-8-23(19)26(21)27-17-22/h3-17H,1-2H3/q+1. The predicted molar refractivity (Wildman–Crippen MR) is 116 cm³/mol. The van der Waals surface area contributed by atoms with E-state index in [-0.39, 0.29) is 0 Å². The average Bonchev–Trinajstić information content (AvgIpc) is 2.74. The lowest BCUT2D eigenvalue weighted by Crippen LogP contribution is -2.30. The summed E-state index contributed by atoms with van der Waals surface area (Å²) in [6.45, 7) is 2.16. The van der Waals surface area contributed by atoms with Gasteiger partial charge in [0.2, 0.25) is 5.69 Å². The molecule has 3 aromatic carbocycles. The van der Waals surface area contributed by atoms with Crippen LogP contribution in [0.1, 0.15) is 5.56 Å². The molecule has 5 rings (SSSR count). The number of aromatic nitrogens is 2. The van der Waals surface area contributed by atoms with Gasteiger partial charge in [0.15, 0.2) is 6.20 Å². The van der Waals surface area contributed by atoms with Crippen LogP contribution in [0.15, 0.2) is 91.3 Å². The maximum Gasteiger partial charge on any atom is 0.212 e. The summed E-state index contributed by atoms with van der Waals surface area (Å²) >= 11 is 0. The van der Waals surface area contributed by atoms with Crippen molar-refractivity contribution in [3.05, 3.63) is 96.8 Å². The van der Waals surface area contributed by atoms with Gasteiger partial charge in [-0.2, -0.15) is 0 Å². The van der Waals surface area contributed by atoms with E-state index in [2.05, 4.69) is 104 Å². The molecule has 0 spiro atoms. The van der Waals surface area contributed by atoms with Crippen LogP contribution >= 0.6 is 0 Å². The van der Waals surface area contributed by atoms with E-state index in [1.807, 2.05) is 6.20 Å². The lowest BCUT2D eigenvalue weighted by atomic mass is 9.97. The van der Waals surface area contributed by atoms with Crippen molar-refractivity contribution in [1.29, 1.82) is 0 Å². The third kappa shape index (κ3) is 2.74. The molecule has 0 radical (unpaired) electrons. The molecule has 0 atom stereocenters. The minimum Gasteiger partial charge on any atom is -0.255 e. The van der Waals surface area contributed by atoms with E-state index >= 15 is 0 Å². The van der Waals surface area contributed by atoms with Gasteiger partial charge in [-0.3, -0.25) is 4.98 Å². The molecule has 2 nitrogen and oxygen atoms in total. The molecule has 0 saturated carbocycles. The van der Waals surface area contributed by atoms with Crippen molar-refractivity contribution in [3.8, 4) is 22.4 Å². The molecule has 2 heteroatoms. The summed E-state index contributed by atoms with van der Waals surface area (Å²) in [5.41, 5.74) is 7.12. The Balaban J connectivity index is 1.67. The van der Waals surface area contributed by atoms with Gasteiger partial charge >= 0.3 is 0 Å². The fourth-order valence-electron chi connectivity index (χ4n) is 3.91. The SMILES string of the molecule is Cc1ccc(-c2cnc3c(ccc4ccccc43)c2)cc1-c1cccc[n+]1C. The normalized spacial score (nSPS) is 11.2. The largest absolute Gasteiger partial charge is 0.255 e. The molecule has 2 aromatic heterocycles. The first kappa shape index (κ1) is 16.6. The number of fused-ring (bicyclic) bond motifs is 3. The molecule has 0 bridgehead atoms. The van der Waals surface area contributed by atoms with Crippen LogP contribution in [0.3, 0.4) is 0 Å². The van der Waals surface area contributed by atoms with Crippen LogP contribution in [0.2, 0.25) is 0 Å². The van der Waals surface area contributed by atoms with Crippen molar-refractivity contribution in [2.45, 2.75) is 6.92 Å². The van der Waals surface area contributed by atoms with Crippen LogP contribution in [0, 0.1) is 6.92 Å². The maximum atomic E-state index is 4.82. The molecule has 134 valence electrons. The molecule has 0 aliphatic carbocycles. The number of nitrogens with zero attached hydrogens (tertiary/aromatic N) is 2. The Morgan fingerprint density at radius 1 is 0.750 bits per heavy atom. The van der Waals surface area contributed by atoms with Crippen LogP contribution in [-0.2, 0) is 7.05 Å². The first-order valence-electron chi connectivity index (χ1n) is 9.54. The molecule has 0 amide bonds. The highest BCUT2D eigenvalue weighted by Gasteiger charge is 2.13. The Hall–Kier alpha value is -3.52. The molecule has 0 unspecified atom stereocenters. The highest BCUT2D eigenvalue weighted by Crippen LogP contribution is 2.30. The van der Waals surface area contributed by atoms with E-state index in [9.17, 15) is 0 Å². The highest BCUT2D eigenvalue weighted by molar-refractivity contribution is 6.05. The summed E-state index contributed by atoms with van der Waals surface area (Å²) in [5.74, 6) is 0. The first-order valence-corrected chi connectivity index (χ1v) is 9.54. The Bertz CT molecular complexity index is 1340. The van der Waals surface area contributed by atoms with Crippen LogP contribution in [0.25, 0.3) is 44.1 Å². The number of benzene rings is 3. The van der Waals surface area contributed by atoms with E-state index < -0.39 is 0 Å². The van der Waals surface area contributed by atoms with Crippen molar-refractivity contribution >= 4 is 21.7 Å². The van der Waals surface area contributed by atoms with Gasteiger partial charge < -0.3 is 0 Å². The zero-order chi connectivity index (χ0) is 19.1. The molecule has 5 aromatic rings. The third-order valence-electron chi connectivity index (χ3n) is 5.48. The van der Waals surface area contributed by atoms with Crippen LogP contribution in [-0.4, -0.2) is 4.98 Å². The van der Waals surface area contributed by atoms with Crippen LogP contribution < -0.4 is 4.57 Å². The fourth-order valence-corrected chi connectivity index (χ4v) is 3.91. The number of rotatable bonds is 2. The summed E-state index contributed by atoms with van der Waals surface area (Å²) in [6, 6.07) is 28.0. The molecule has 28 heavy (non-hydrogen) atoms. The highest BCUT2D eigenvalue weighted by atomic mass is 14.9. The second-order valence-corrected chi connectivity index (χ2v) is 7.31. The lowest BCUT2D eigenvalue weighted by Gasteiger charge is -2.09. The maximum absolute atomic E-state index is 4.82. The summed E-state index contributed by atoms with van der Waals surface area (Å²) in [6.07, 6.45) is 4.08. The summed E-state index contributed by atoms with van der Waals surface area (Å²) < 4.78 is 2.16. The minimum atomic E-state index is 1.06. The zero-order valence-electron chi connectivity index (χ0n) is 16.1. The van der Waals surface area contributed by atoms with E-state index in [1.54, 1.807) is 0 Å². The molecular weight excluding hydrogens is 340 g/mol. The average molecular weight is 361 g/mol. The van der Waals surface area contributed by atoms with Gasteiger partial charge in [0.05, 0.1) is 5.52 Å². The minimum absolute atomic E-state index is 1.06. The smallest absolute Gasteiger partial charge is 0.212 e. The van der Waals surface area contributed by atoms with E-state index in [0.29, 0.717) is 0 Å². The van der Waals surface area contributed by atoms with Gasteiger partial charge in [-0.25, -0.2) is 4.57 Å². The fraction of sp³-hybridized carbons (Fsp3) is 0.0769. The van der Waals surface area contributed by atoms with Gasteiger partial charge in [0.1, 0.15) is 7.05 Å². The van der Waals surface area contributed by atoms with Crippen molar-refractivity contribution in [2.75, 3.05) is 0 Å². The van der Waals surface area contributed by atoms with Gasteiger partial charge in [0.25, 0.3) is 0 Å². The third-order valence-corrected chi connectivity index (χ3v) is 5.48. The molecule has 0 aliphatic rings. The first-order chi connectivity index (χ1) is 13.7. The Morgan fingerprint density at radius 3 is 2.46 bits per heavy atom. The van der Waals surface area contributed by atoms with Gasteiger partial charge in [0, 0.05) is 40.2 Å². The second kappa shape index (κ2) is 6.58. The topological polar surface area (TPSA) is 16.8 Å². The quantitative estimate of drug-likeness (QED) is 0.284. The summed E-state index contributed by atoms with van der Waals surface area (Å²) in [7, 11) is 2.09. The Labute approximate surface area is 164 Å². The monoisotopic (exact) mass is 361 g/mol. The number of hydrogen-bond donors (Lipinski definition) is 0.